The molecular formula is C25H17F2NO2. The molecule has 0 spiro atoms. The van der Waals surface area contributed by atoms with E-state index in [4.69, 9.17) is 0 Å². The number of carboxylic acid groups (broad SMARTS) is 1. The highest BCUT2D eigenvalue weighted by Gasteiger charge is 2.39. The van der Waals surface area contributed by atoms with E-state index < -0.39 is 23.0 Å². The fourth-order valence-corrected chi connectivity index (χ4v) is 3.87. The molecule has 0 atom stereocenters. The summed E-state index contributed by atoms with van der Waals surface area (Å²) in [6.45, 7) is 0. The van der Waals surface area contributed by atoms with Crippen LogP contribution < -0.4 is 0 Å². The maximum absolute atomic E-state index is 14.3. The van der Waals surface area contributed by atoms with Crippen LogP contribution in [0.15, 0.2) is 97.2 Å². The van der Waals surface area contributed by atoms with Crippen LogP contribution in [0.5, 0.6) is 0 Å². The van der Waals surface area contributed by atoms with E-state index in [0.29, 0.717) is 16.7 Å². The van der Waals surface area contributed by atoms with Crippen LogP contribution in [0.3, 0.4) is 0 Å². The second-order valence-corrected chi connectivity index (χ2v) is 6.87. The molecule has 0 aliphatic heterocycles. The molecule has 0 radical (unpaired) electrons. The highest BCUT2D eigenvalue weighted by molar-refractivity contribution is 5.85. The van der Waals surface area contributed by atoms with Crippen LogP contribution in [0.2, 0.25) is 0 Å². The largest absolute Gasteiger partial charge is 0.477 e. The Morgan fingerprint density at radius 3 is 1.73 bits per heavy atom. The van der Waals surface area contributed by atoms with E-state index in [0.717, 1.165) is 5.56 Å². The summed E-state index contributed by atoms with van der Waals surface area (Å²) in [5, 5.41) is 9.24. The number of nitrogens with zero attached hydrogens (tertiary/aromatic N) is 1. The van der Waals surface area contributed by atoms with Crippen LogP contribution in [0.25, 0.3) is 0 Å². The number of aromatic carboxylic acids is 1. The number of benzene rings is 3. The number of halogens is 2. The van der Waals surface area contributed by atoms with Crippen molar-refractivity contribution < 1.29 is 18.7 Å². The number of carboxylic acids is 1. The Hall–Kier alpha value is -3.86. The Kier molecular flexibility index (Phi) is 5.11. The minimum atomic E-state index is -1.15. The molecule has 4 aromatic rings. The number of hydrogen-bond acceptors (Lipinski definition) is 2. The molecule has 0 aliphatic carbocycles. The Balaban J connectivity index is 2.12. The number of aromatic nitrogens is 1. The molecule has 30 heavy (non-hydrogen) atoms. The Morgan fingerprint density at radius 1 is 0.700 bits per heavy atom. The lowest BCUT2D eigenvalue weighted by Gasteiger charge is -2.36. The first-order valence-corrected chi connectivity index (χ1v) is 9.29. The van der Waals surface area contributed by atoms with Crippen molar-refractivity contribution in [3.8, 4) is 0 Å². The van der Waals surface area contributed by atoms with Crippen LogP contribution >= 0.6 is 0 Å². The topological polar surface area (TPSA) is 50.2 Å². The maximum Gasteiger partial charge on any atom is 0.354 e. The fraction of sp³-hybridized carbons (Fsp3) is 0.0400. The average molecular weight is 401 g/mol. The lowest BCUT2D eigenvalue weighted by molar-refractivity contribution is 0.0690. The molecule has 0 aliphatic rings. The van der Waals surface area contributed by atoms with Gasteiger partial charge in [-0.05, 0) is 52.6 Å². The fourth-order valence-electron chi connectivity index (χ4n) is 3.87. The van der Waals surface area contributed by atoms with Gasteiger partial charge < -0.3 is 5.11 Å². The number of rotatable bonds is 5. The van der Waals surface area contributed by atoms with Gasteiger partial charge in [0.25, 0.3) is 0 Å². The van der Waals surface area contributed by atoms with Crippen molar-refractivity contribution in [1.29, 1.82) is 0 Å². The minimum absolute atomic E-state index is 0.112. The molecule has 1 heterocycles. The Bertz CT molecular complexity index is 1150. The predicted molar refractivity (Wildman–Crippen MR) is 109 cm³/mol. The van der Waals surface area contributed by atoms with Crippen LogP contribution in [-0.4, -0.2) is 16.1 Å². The Labute approximate surface area is 172 Å². The van der Waals surface area contributed by atoms with Crippen molar-refractivity contribution >= 4 is 5.97 Å². The molecule has 0 fully saturated rings. The van der Waals surface area contributed by atoms with E-state index in [1.165, 1.54) is 36.5 Å². The van der Waals surface area contributed by atoms with Gasteiger partial charge in [0.05, 0.1) is 5.41 Å². The van der Waals surface area contributed by atoms with Crippen molar-refractivity contribution in [3.63, 3.8) is 0 Å². The molecule has 1 aromatic heterocycles. The zero-order chi connectivity index (χ0) is 21.1. The summed E-state index contributed by atoms with van der Waals surface area (Å²) in [5.41, 5.74) is 1.30. The normalized spacial score (nSPS) is 11.3. The summed E-state index contributed by atoms with van der Waals surface area (Å²) < 4.78 is 28.7. The van der Waals surface area contributed by atoms with Crippen LogP contribution in [0.1, 0.15) is 32.7 Å². The van der Waals surface area contributed by atoms with Gasteiger partial charge in [-0.2, -0.15) is 0 Å². The van der Waals surface area contributed by atoms with Crippen molar-refractivity contribution in [1.82, 2.24) is 4.98 Å². The highest BCUT2D eigenvalue weighted by atomic mass is 19.1. The number of pyridine rings is 1. The van der Waals surface area contributed by atoms with Crippen LogP contribution in [0.4, 0.5) is 8.78 Å². The third kappa shape index (κ3) is 3.35. The lowest BCUT2D eigenvalue weighted by Crippen LogP contribution is -2.31. The maximum atomic E-state index is 14.3. The second kappa shape index (κ2) is 7.87. The molecule has 3 nitrogen and oxygen atoms in total. The van der Waals surface area contributed by atoms with Crippen molar-refractivity contribution in [3.05, 3.63) is 137 Å². The Morgan fingerprint density at radius 2 is 1.27 bits per heavy atom. The molecule has 0 bridgehead atoms. The summed E-state index contributed by atoms with van der Waals surface area (Å²) in [4.78, 5) is 15.4. The molecule has 4 rings (SSSR count). The zero-order valence-corrected chi connectivity index (χ0v) is 15.8. The molecule has 148 valence electrons. The summed E-state index contributed by atoms with van der Waals surface area (Å²) in [5.74, 6) is -2.01. The predicted octanol–water partition coefficient (Wildman–Crippen LogP) is 5.44. The van der Waals surface area contributed by atoms with Crippen molar-refractivity contribution in [2.24, 2.45) is 0 Å². The van der Waals surface area contributed by atoms with Gasteiger partial charge in [0.2, 0.25) is 0 Å². The number of hydrogen-bond donors (Lipinski definition) is 1. The van der Waals surface area contributed by atoms with Gasteiger partial charge >= 0.3 is 5.97 Å². The summed E-state index contributed by atoms with van der Waals surface area (Å²) in [6, 6.07) is 24.6. The van der Waals surface area contributed by atoms with Gasteiger partial charge in [-0.15, -0.1) is 0 Å². The first-order chi connectivity index (χ1) is 14.5. The van der Waals surface area contributed by atoms with Crippen LogP contribution in [0, 0.1) is 11.6 Å². The molecule has 5 heteroatoms. The van der Waals surface area contributed by atoms with Gasteiger partial charge in [0.1, 0.15) is 17.3 Å². The lowest BCUT2D eigenvalue weighted by atomic mass is 9.65. The van der Waals surface area contributed by atoms with Gasteiger partial charge in [-0.1, -0.05) is 60.7 Å². The summed E-state index contributed by atoms with van der Waals surface area (Å²) in [7, 11) is 0. The number of carbonyl (C=O) groups is 1. The van der Waals surface area contributed by atoms with E-state index in [1.807, 2.05) is 30.3 Å². The average Bonchev–Trinajstić information content (AvgIpc) is 2.76. The molecule has 0 saturated carbocycles. The van der Waals surface area contributed by atoms with Crippen molar-refractivity contribution in [2.45, 2.75) is 5.41 Å². The van der Waals surface area contributed by atoms with Gasteiger partial charge in [-0.3, -0.25) is 0 Å². The van der Waals surface area contributed by atoms with E-state index in [2.05, 4.69) is 4.98 Å². The first kappa shape index (κ1) is 19.5. The molecular weight excluding hydrogens is 384 g/mol. The summed E-state index contributed by atoms with van der Waals surface area (Å²) >= 11 is 0. The summed E-state index contributed by atoms with van der Waals surface area (Å²) in [6.07, 6.45) is 1.45. The van der Waals surface area contributed by atoms with E-state index in [-0.39, 0.29) is 5.69 Å². The van der Waals surface area contributed by atoms with Crippen LogP contribution in [-0.2, 0) is 5.41 Å². The molecule has 0 saturated heterocycles. The third-order valence-corrected chi connectivity index (χ3v) is 5.14. The quantitative estimate of drug-likeness (QED) is 0.453. The van der Waals surface area contributed by atoms with Gasteiger partial charge in [0.15, 0.2) is 0 Å². The third-order valence-electron chi connectivity index (χ3n) is 5.14. The second-order valence-electron chi connectivity index (χ2n) is 6.87. The van der Waals surface area contributed by atoms with E-state index >= 15 is 0 Å². The first-order valence-electron chi connectivity index (χ1n) is 9.29. The van der Waals surface area contributed by atoms with E-state index in [9.17, 15) is 18.7 Å². The van der Waals surface area contributed by atoms with Gasteiger partial charge in [-0.25, -0.2) is 18.6 Å². The zero-order valence-electron chi connectivity index (χ0n) is 15.8. The molecule has 3 aromatic carbocycles. The molecule has 0 amide bonds. The SMILES string of the molecule is O=C(O)c1ccc(C(c2ccccc2)(c2cccc(F)c2)c2cccc(F)c2)cn1. The van der Waals surface area contributed by atoms with Gasteiger partial charge in [0, 0.05) is 6.20 Å². The monoisotopic (exact) mass is 401 g/mol. The smallest absolute Gasteiger partial charge is 0.354 e. The van der Waals surface area contributed by atoms with Crippen molar-refractivity contribution in [2.75, 3.05) is 0 Å². The molecule has 1 N–H and O–H groups in total. The highest BCUT2D eigenvalue weighted by Crippen LogP contribution is 2.45. The van der Waals surface area contributed by atoms with E-state index in [1.54, 1.807) is 30.3 Å². The minimum Gasteiger partial charge on any atom is -0.477 e. The molecule has 0 unspecified atom stereocenters. The standard InChI is InChI=1S/C25H17F2NO2/c26-21-10-4-8-18(14-21)25(17-6-2-1-3-7-17,19-9-5-11-22(27)15-19)20-12-13-23(24(29)30)28-16-20/h1-16H,(H,29,30).